The SMILES string of the molecule is O=C(COc1cccc(Cl)c1)N/N=C/c1ccc[nH]1. The highest BCUT2D eigenvalue weighted by molar-refractivity contribution is 6.30. The minimum Gasteiger partial charge on any atom is -0.484 e. The molecule has 0 fully saturated rings. The molecule has 0 spiro atoms. The van der Waals surface area contributed by atoms with Crippen LogP contribution in [0.3, 0.4) is 0 Å². The molecular weight excluding hydrogens is 266 g/mol. The van der Waals surface area contributed by atoms with Crippen molar-refractivity contribution in [3.8, 4) is 5.75 Å². The Morgan fingerprint density at radius 1 is 1.42 bits per heavy atom. The molecule has 6 heteroatoms. The van der Waals surface area contributed by atoms with E-state index in [2.05, 4.69) is 15.5 Å². The number of aromatic nitrogens is 1. The molecule has 0 aliphatic carbocycles. The van der Waals surface area contributed by atoms with Gasteiger partial charge in [-0.2, -0.15) is 5.10 Å². The number of nitrogens with zero attached hydrogens (tertiary/aromatic N) is 1. The van der Waals surface area contributed by atoms with Gasteiger partial charge in [-0.15, -0.1) is 0 Å². The van der Waals surface area contributed by atoms with Gasteiger partial charge in [0.25, 0.3) is 5.91 Å². The molecule has 1 heterocycles. The third kappa shape index (κ3) is 4.48. The molecule has 2 aromatic rings. The molecule has 0 bridgehead atoms. The van der Waals surface area contributed by atoms with E-state index in [-0.39, 0.29) is 12.5 Å². The second-order valence-electron chi connectivity index (χ2n) is 3.66. The number of carbonyl (C=O) groups excluding carboxylic acids is 1. The van der Waals surface area contributed by atoms with Crippen LogP contribution in [0.2, 0.25) is 5.02 Å². The Morgan fingerprint density at radius 2 is 2.32 bits per heavy atom. The van der Waals surface area contributed by atoms with Gasteiger partial charge in [0.05, 0.1) is 11.9 Å². The van der Waals surface area contributed by atoms with Gasteiger partial charge in [0.15, 0.2) is 6.61 Å². The first-order valence-electron chi connectivity index (χ1n) is 5.58. The van der Waals surface area contributed by atoms with Gasteiger partial charge >= 0.3 is 0 Å². The van der Waals surface area contributed by atoms with Crippen LogP contribution in [0.4, 0.5) is 0 Å². The fourth-order valence-electron chi connectivity index (χ4n) is 1.34. The monoisotopic (exact) mass is 277 g/mol. The van der Waals surface area contributed by atoms with Crippen LogP contribution < -0.4 is 10.2 Å². The zero-order chi connectivity index (χ0) is 13.5. The van der Waals surface area contributed by atoms with Gasteiger partial charge in [-0.1, -0.05) is 17.7 Å². The Balaban J connectivity index is 1.76. The van der Waals surface area contributed by atoms with Crippen LogP contribution in [-0.2, 0) is 4.79 Å². The molecule has 0 aliphatic heterocycles. The Kier molecular flexibility index (Phi) is 4.58. The Hall–Kier alpha value is -2.27. The van der Waals surface area contributed by atoms with Crippen molar-refractivity contribution in [2.24, 2.45) is 5.10 Å². The zero-order valence-electron chi connectivity index (χ0n) is 9.97. The second kappa shape index (κ2) is 6.61. The van der Waals surface area contributed by atoms with Crippen molar-refractivity contribution < 1.29 is 9.53 Å². The summed E-state index contributed by atoms with van der Waals surface area (Å²) >= 11 is 5.79. The van der Waals surface area contributed by atoms with Crippen LogP contribution in [-0.4, -0.2) is 23.7 Å². The number of hydrogen-bond donors (Lipinski definition) is 2. The predicted molar refractivity (Wildman–Crippen MR) is 73.5 cm³/mol. The maximum Gasteiger partial charge on any atom is 0.277 e. The lowest BCUT2D eigenvalue weighted by Gasteiger charge is -2.04. The lowest BCUT2D eigenvalue weighted by Crippen LogP contribution is -2.24. The van der Waals surface area contributed by atoms with E-state index < -0.39 is 0 Å². The van der Waals surface area contributed by atoms with Gasteiger partial charge in [-0.05, 0) is 30.3 Å². The van der Waals surface area contributed by atoms with E-state index in [0.29, 0.717) is 10.8 Å². The van der Waals surface area contributed by atoms with E-state index in [9.17, 15) is 4.79 Å². The van der Waals surface area contributed by atoms with Gasteiger partial charge < -0.3 is 9.72 Å². The van der Waals surface area contributed by atoms with Crippen molar-refractivity contribution in [2.75, 3.05) is 6.61 Å². The Bertz CT molecular complexity index is 567. The average Bonchev–Trinajstić information content (AvgIpc) is 2.90. The third-order valence-corrected chi connectivity index (χ3v) is 2.42. The fourth-order valence-corrected chi connectivity index (χ4v) is 1.52. The molecule has 1 aromatic carbocycles. The largest absolute Gasteiger partial charge is 0.484 e. The molecule has 0 atom stereocenters. The highest BCUT2D eigenvalue weighted by Crippen LogP contribution is 2.16. The normalized spacial score (nSPS) is 10.6. The molecule has 0 saturated heterocycles. The summed E-state index contributed by atoms with van der Waals surface area (Å²) in [6.07, 6.45) is 3.28. The average molecular weight is 278 g/mol. The molecular formula is C13H12ClN3O2. The van der Waals surface area contributed by atoms with Crippen molar-refractivity contribution in [3.63, 3.8) is 0 Å². The van der Waals surface area contributed by atoms with Gasteiger partial charge in [-0.25, -0.2) is 5.43 Å². The summed E-state index contributed by atoms with van der Waals surface area (Å²) in [6, 6.07) is 10.5. The number of carbonyl (C=O) groups is 1. The maximum atomic E-state index is 11.4. The molecule has 1 aromatic heterocycles. The van der Waals surface area contributed by atoms with Gasteiger partial charge in [-0.3, -0.25) is 4.79 Å². The van der Waals surface area contributed by atoms with E-state index >= 15 is 0 Å². The number of nitrogens with one attached hydrogen (secondary N) is 2. The topological polar surface area (TPSA) is 66.5 Å². The molecule has 0 saturated carbocycles. The van der Waals surface area contributed by atoms with Crippen molar-refractivity contribution >= 4 is 23.7 Å². The quantitative estimate of drug-likeness (QED) is 0.650. The first-order valence-corrected chi connectivity index (χ1v) is 5.95. The van der Waals surface area contributed by atoms with Gasteiger partial charge in [0.1, 0.15) is 5.75 Å². The molecule has 2 rings (SSSR count). The first-order chi connectivity index (χ1) is 9.24. The van der Waals surface area contributed by atoms with Crippen LogP contribution in [0.15, 0.2) is 47.7 Å². The number of rotatable bonds is 5. The summed E-state index contributed by atoms with van der Waals surface area (Å²) < 4.78 is 5.26. The Labute approximate surface area is 115 Å². The highest BCUT2D eigenvalue weighted by atomic mass is 35.5. The summed E-state index contributed by atoms with van der Waals surface area (Å²) in [7, 11) is 0. The number of hydrazone groups is 1. The summed E-state index contributed by atoms with van der Waals surface area (Å²) in [6.45, 7) is -0.123. The van der Waals surface area contributed by atoms with E-state index in [1.807, 2.05) is 12.1 Å². The molecule has 0 radical (unpaired) electrons. The number of amides is 1. The molecule has 0 aliphatic rings. The third-order valence-electron chi connectivity index (χ3n) is 2.18. The molecule has 0 unspecified atom stereocenters. The molecule has 19 heavy (non-hydrogen) atoms. The highest BCUT2D eigenvalue weighted by Gasteiger charge is 2.01. The summed E-state index contributed by atoms with van der Waals surface area (Å²) in [4.78, 5) is 14.4. The van der Waals surface area contributed by atoms with E-state index in [1.165, 1.54) is 6.21 Å². The zero-order valence-corrected chi connectivity index (χ0v) is 10.7. The van der Waals surface area contributed by atoms with E-state index in [1.54, 1.807) is 30.5 Å². The second-order valence-corrected chi connectivity index (χ2v) is 4.10. The fraction of sp³-hybridized carbons (Fsp3) is 0.0769. The number of H-pyrrole nitrogens is 1. The number of halogens is 1. The van der Waals surface area contributed by atoms with Crippen LogP contribution >= 0.6 is 11.6 Å². The van der Waals surface area contributed by atoms with Crippen LogP contribution in [0, 0.1) is 0 Å². The number of hydrogen-bond acceptors (Lipinski definition) is 3. The summed E-state index contributed by atoms with van der Waals surface area (Å²) in [5, 5.41) is 4.34. The summed E-state index contributed by atoms with van der Waals surface area (Å²) in [5.74, 6) is 0.193. The molecule has 98 valence electrons. The van der Waals surface area contributed by atoms with Crippen LogP contribution in [0.5, 0.6) is 5.75 Å². The van der Waals surface area contributed by atoms with Crippen molar-refractivity contribution in [3.05, 3.63) is 53.3 Å². The van der Waals surface area contributed by atoms with Crippen molar-refractivity contribution in [1.29, 1.82) is 0 Å². The van der Waals surface area contributed by atoms with E-state index in [4.69, 9.17) is 16.3 Å². The minimum absolute atomic E-state index is 0.123. The molecule has 1 amide bonds. The lowest BCUT2D eigenvalue weighted by molar-refractivity contribution is -0.123. The number of aromatic amines is 1. The number of benzene rings is 1. The standard InChI is InChI=1S/C13H12ClN3O2/c14-10-3-1-5-12(7-10)19-9-13(18)17-16-8-11-4-2-6-15-11/h1-8,15H,9H2,(H,17,18)/b16-8+. The van der Waals surface area contributed by atoms with Crippen molar-refractivity contribution in [2.45, 2.75) is 0 Å². The number of ether oxygens (including phenoxy) is 1. The van der Waals surface area contributed by atoms with Gasteiger partial charge in [0.2, 0.25) is 0 Å². The van der Waals surface area contributed by atoms with Crippen LogP contribution in [0.1, 0.15) is 5.69 Å². The van der Waals surface area contributed by atoms with Crippen molar-refractivity contribution in [1.82, 2.24) is 10.4 Å². The van der Waals surface area contributed by atoms with Crippen LogP contribution in [0.25, 0.3) is 0 Å². The lowest BCUT2D eigenvalue weighted by atomic mass is 10.3. The summed E-state index contributed by atoms with van der Waals surface area (Å²) in [5.41, 5.74) is 3.16. The molecule has 5 nitrogen and oxygen atoms in total. The minimum atomic E-state index is -0.345. The maximum absolute atomic E-state index is 11.4. The first kappa shape index (κ1) is 13.2. The van der Waals surface area contributed by atoms with Gasteiger partial charge in [0, 0.05) is 11.2 Å². The smallest absolute Gasteiger partial charge is 0.277 e. The predicted octanol–water partition coefficient (Wildman–Crippen LogP) is 2.20. The van der Waals surface area contributed by atoms with E-state index in [0.717, 1.165) is 5.69 Å². The molecule has 2 N–H and O–H groups in total. The Morgan fingerprint density at radius 3 is 3.05 bits per heavy atom.